The molecule has 0 heterocycles. The Kier molecular flexibility index (Phi) is 7.96. The Hall–Kier alpha value is -4.33. The van der Waals surface area contributed by atoms with Gasteiger partial charge in [0.15, 0.2) is 0 Å². The van der Waals surface area contributed by atoms with E-state index in [0.29, 0.717) is 24.3 Å². The molecule has 0 radical (unpaired) electrons. The van der Waals surface area contributed by atoms with Gasteiger partial charge in [-0.1, -0.05) is 60.7 Å². The van der Waals surface area contributed by atoms with Crippen molar-refractivity contribution in [2.24, 2.45) is 0 Å². The highest BCUT2D eigenvalue weighted by Crippen LogP contribution is 2.24. The molecule has 1 fully saturated rings. The molecule has 4 N–H and O–H groups in total. The molecule has 0 aromatic heterocycles. The van der Waals surface area contributed by atoms with Gasteiger partial charge >= 0.3 is 12.1 Å². The van der Waals surface area contributed by atoms with Crippen molar-refractivity contribution >= 4 is 29.4 Å². The molecule has 4 amide bonds. The van der Waals surface area contributed by atoms with Crippen molar-refractivity contribution < 1.29 is 19.1 Å². The zero-order chi connectivity index (χ0) is 24.5. The van der Waals surface area contributed by atoms with Gasteiger partial charge in [-0.3, -0.25) is 10.1 Å². The fourth-order valence-electron chi connectivity index (χ4n) is 3.40. The Balaban J connectivity index is 1.35. The highest BCUT2D eigenvalue weighted by molar-refractivity contribution is 5.97. The van der Waals surface area contributed by atoms with Crippen molar-refractivity contribution in [1.82, 2.24) is 10.6 Å². The van der Waals surface area contributed by atoms with E-state index in [1.807, 2.05) is 60.7 Å². The number of amides is 4. The van der Waals surface area contributed by atoms with Crippen LogP contribution >= 0.6 is 0 Å². The standard InChI is InChI=1S/C27H28N4O4/c32-25(29-21-11-13-22(14-12-21)30-27(34)35-23-15-16-23)24(17-19-7-3-1-4-8-19)31-26(33)28-18-20-9-5-2-6-10-20/h1-14,23-24H,15-18H2,(H,29,32)(H,30,34)(H2,28,31,33). The number of anilines is 2. The molecule has 0 aliphatic heterocycles. The van der Waals surface area contributed by atoms with Gasteiger partial charge in [0.2, 0.25) is 5.91 Å². The van der Waals surface area contributed by atoms with Gasteiger partial charge in [-0.05, 0) is 48.2 Å². The third-order valence-electron chi connectivity index (χ3n) is 5.40. The summed E-state index contributed by atoms with van der Waals surface area (Å²) in [5.74, 6) is -0.349. The summed E-state index contributed by atoms with van der Waals surface area (Å²) >= 11 is 0. The minimum atomic E-state index is -0.792. The molecule has 180 valence electrons. The lowest BCUT2D eigenvalue weighted by Gasteiger charge is -2.19. The lowest BCUT2D eigenvalue weighted by Crippen LogP contribution is -2.49. The number of rotatable bonds is 9. The molecule has 4 rings (SSSR count). The van der Waals surface area contributed by atoms with Crippen LogP contribution in [0.5, 0.6) is 0 Å². The Labute approximate surface area is 204 Å². The number of hydrogen-bond donors (Lipinski definition) is 4. The van der Waals surface area contributed by atoms with E-state index in [2.05, 4.69) is 21.3 Å². The van der Waals surface area contributed by atoms with Crippen molar-refractivity contribution in [3.8, 4) is 0 Å². The molecule has 0 bridgehead atoms. The molecular formula is C27H28N4O4. The van der Waals surface area contributed by atoms with Crippen LogP contribution in [0.1, 0.15) is 24.0 Å². The van der Waals surface area contributed by atoms with E-state index in [1.165, 1.54) is 0 Å². The number of nitrogens with one attached hydrogen (secondary N) is 4. The highest BCUT2D eigenvalue weighted by atomic mass is 16.6. The number of carbonyl (C=O) groups is 3. The third-order valence-corrected chi connectivity index (χ3v) is 5.40. The van der Waals surface area contributed by atoms with E-state index in [-0.39, 0.29) is 12.0 Å². The first-order valence-electron chi connectivity index (χ1n) is 11.6. The topological polar surface area (TPSA) is 109 Å². The number of carbonyl (C=O) groups excluding carboxylic acids is 3. The molecule has 3 aromatic rings. The quantitative estimate of drug-likeness (QED) is 0.369. The number of ether oxygens (including phenoxy) is 1. The fourth-order valence-corrected chi connectivity index (χ4v) is 3.40. The van der Waals surface area contributed by atoms with Crippen molar-refractivity contribution in [2.45, 2.75) is 38.0 Å². The minimum absolute atomic E-state index is 0.0208. The van der Waals surface area contributed by atoms with E-state index < -0.39 is 18.2 Å². The van der Waals surface area contributed by atoms with Gasteiger partial charge in [0.1, 0.15) is 12.1 Å². The molecule has 8 heteroatoms. The van der Waals surface area contributed by atoms with Crippen LogP contribution in [0.25, 0.3) is 0 Å². The number of hydrogen-bond acceptors (Lipinski definition) is 4. The zero-order valence-electron chi connectivity index (χ0n) is 19.2. The predicted molar refractivity (Wildman–Crippen MR) is 134 cm³/mol. The second-order valence-electron chi connectivity index (χ2n) is 8.35. The van der Waals surface area contributed by atoms with Crippen LogP contribution in [0, 0.1) is 0 Å². The second kappa shape index (κ2) is 11.7. The van der Waals surface area contributed by atoms with Crippen LogP contribution < -0.4 is 21.3 Å². The van der Waals surface area contributed by atoms with Crippen molar-refractivity contribution in [1.29, 1.82) is 0 Å². The lowest BCUT2D eigenvalue weighted by atomic mass is 10.1. The first-order chi connectivity index (χ1) is 17.0. The molecule has 1 atom stereocenters. The Morgan fingerprint density at radius 3 is 1.94 bits per heavy atom. The van der Waals surface area contributed by atoms with E-state index in [1.54, 1.807) is 24.3 Å². The third kappa shape index (κ3) is 7.89. The molecule has 35 heavy (non-hydrogen) atoms. The molecule has 1 unspecified atom stereocenters. The second-order valence-corrected chi connectivity index (χ2v) is 8.35. The monoisotopic (exact) mass is 472 g/mol. The fraction of sp³-hybridized carbons (Fsp3) is 0.222. The predicted octanol–water partition coefficient (Wildman–Crippen LogP) is 4.45. The van der Waals surface area contributed by atoms with E-state index in [0.717, 1.165) is 24.0 Å². The summed E-state index contributed by atoms with van der Waals surface area (Å²) in [6.45, 7) is 0.351. The molecule has 1 aliphatic carbocycles. The van der Waals surface area contributed by atoms with Crippen molar-refractivity contribution in [3.05, 3.63) is 96.1 Å². The maximum Gasteiger partial charge on any atom is 0.411 e. The molecule has 1 aliphatic rings. The van der Waals surface area contributed by atoms with Gasteiger partial charge in [0.05, 0.1) is 0 Å². The summed E-state index contributed by atoms with van der Waals surface area (Å²) in [5.41, 5.74) is 2.99. The summed E-state index contributed by atoms with van der Waals surface area (Å²) in [6, 6.07) is 24.5. The molecule has 1 saturated carbocycles. The molecule has 0 saturated heterocycles. The summed E-state index contributed by atoms with van der Waals surface area (Å²) in [4.78, 5) is 37.4. The van der Waals surface area contributed by atoms with E-state index in [9.17, 15) is 14.4 Å². The molecule has 0 spiro atoms. The zero-order valence-corrected chi connectivity index (χ0v) is 19.2. The Bertz CT molecular complexity index is 1130. The smallest absolute Gasteiger partial charge is 0.411 e. The number of benzene rings is 3. The van der Waals surface area contributed by atoms with Crippen LogP contribution in [-0.4, -0.2) is 30.2 Å². The van der Waals surface area contributed by atoms with E-state index >= 15 is 0 Å². The number of urea groups is 1. The molecule has 8 nitrogen and oxygen atoms in total. The van der Waals surface area contributed by atoms with Gasteiger partial charge < -0.3 is 20.7 Å². The Morgan fingerprint density at radius 2 is 1.34 bits per heavy atom. The van der Waals surface area contributed by atoms with Crippen LogP contribution in [0.4, 0.5) is 21.0 Å². The first-order valence-corrected chi connectivity index (χ1v) is 11.6. The van der Waals surface area contributed by atoms with Gasteiger partial charge in [-0.15, -0.1) is 0 Å². The lowest BCUT2D eigenvalue weighted by molar-refractivity contribution is -0.117. The normalized spacial score (nSPS) is 13.3. The van der Waals surface area contributed by atoms with Crippen LogP contribution in [0.2, 0.25) is 0 Å². The van der Waals surface area contributed by atoms with Crippen molar-refractivity contribution in [2.75, 3.05) is 10.6 Å². The average molecular weight is 473 g/mol. The first kappa shape index (κ1) is 23.8. The van der Waals surface area contributed by atoms with Crippen LogP contribution in [0.15, 0.2) is 84.9 Å². The summed E-state index contributed by atoms with van der Waals surface area (Å²) in [7, 11) is 0. The minimum Gasteiger partial charge on any atom is -0.446 e. The summed E-state index contributed by atoms with van der Waals surface area (Å²) < 4.78 is 5.17. The van der Waals surface area contributed by atoms with Crippen LogP contribution in [0.3, 0.4) is 0 Å². The van der Waals surface area contributed by atoms with Gasteiger partial charge in [0.25, 0.3) is 0 Å². The molecular weight excluding hydrogens is 444 g/mol. The SMILES string of the molecule is O=C(NCc1ccccc1)NC(Cc1ccccc1)C(=O)Nc1ccc(NC(=O)OC2CC2)cc1. The van der Waals surface area contributed by atoms with Crippen LogP contribution in [-0.2, 0) is 22.5 Å². The highest BCUT2D eigenvalue weighted by Gasteiger charge is 2.26. The van der Waals surface area contributed by atoms with Crippen molar-refractivity contribution in [3.63, 3.8) is 0 Å². The maximum absolute atomic E-state index is 13.1. The van der Waals surface area contributed by atoms with Gasteiger partial charge in [-0.25, -0.2) is 9.59 Å². The maximum atomic E-state index is 13.1. The largest absolute Gasteiger partial charge is 0.446 e. The van der Waals surface area contributed by atoms with E-state index in [4.69, 9.17) is 4.74 Å². The van der Waals surface area contributed by atoms with Gasteiger partial charge in [-0.2, -0.15) is 0 Å². The Morgan fingerprint density at radius 1 is 0.771 bits per heavy atom. The van der Waals surface area contributed by atoms with Gasteiger partial charge in [0, 0.05) is 24.3 Å². The summed E-state index contributed by atoms with van der Waals surface area (Å²) in [5, 5.41) is 11.1. The average Bonchev–Trinajstić information content (AvgIpc) is 3.68. The summed E-state index contributed by atoms with van der Waals surface area (Å²) in [6.07, 6.45) is 1.67. The molecule has 3 aromatic carbocycles.